The molecule has 122 valence electrons. The molecule has 0 heterocycles. The summed E-state index contributed by atoms with van der Waals surface area (Å²) in [7, 11) is 0. The number of carbonyl (C=O) groups excluding carboxylic acids is 1. The molecule has 0 fully saturated rings. The molecule has 2 rings (SSSR count). The van der Waals surface area contributed by atoms with Gasteiger partial charge in [-0.1, -0.05) is 19.1 Å². The van der Waals surface area contributed by atoms with Crippen molar-refractivity contribution in [1.82, 2.24) is 5.43 Å². The van der Waals surface area contributed by atoms with E-state index in [2.05, 4.69) is 10.5 Å². The lowest BCUT2D eigenvalue weighted by atomic mass is 10.1. The van der Waals surface area contributed by atoms with Gasteiger partial charge in [0.05, 0.1) is 17.3 Å². The number of nitriles is 1. The van der Waals surface area contributed by atoms with Crippen molar-refractivity contribution in [3.8, 4) is 11.8 Å². The highest BCUT2D eigenvalue weighted by Gasteiger charge is 2.05. The van der Waals surface area contributed by atoms with Gasteiger partial charge < -0.3 is 4.74 Å². The predicted octanol–water partition coefficient (Wildman–Crippen LogP) is 3.01. The van der Waals surface area contributed by atoms with Crippen LogP contribution in [-0.2, 0) is 4.79 Å². The van der Waals surface area contributed by atoms with E-state index in [9.17, 15) is 9.18 Å². The van der Waals surface area contributed by atoms with Crippen LogP contribution in [0.2, 0.25) is 0 Å². The zero-order chi connectivity index (χ0) is 17.4. The summed E-state index contributed by atoms with van der Waals surface area (Å²) in [6.07, 6.45) is 0.586. The van der Waals surface area contributed by atoms with Gasteiger partial charge in [-0.3, -0.25) is 4.79 Å². The first kappa shape index (κ1) is 17.2. The van der Waals surface area contributed by atoms with Crippen LogP contribution in [0.15, 0.2) is 53.6 Å². The molecule has 0 radical (unpaired) electrons. The Labute approximate surface area is 139 Å². The van der Waals surface area contributed by atoms with Gasteiger partial charge in [-0.15, -0.1) is 0 Å². The van der Waals surface area contributed by atoms with Crippen LogP contribution < -0.4 is 10.2 Å². The van der Waals surface area contributed by atoms with Crippen molar-refractivity contribution in [2.75, 3.05) is 6.61 Å². The molecule has 24 heavy (non-hydrogen) atoms. The third-order valence-corrected chi connectivity index (χ3v) is 3.18. The first-order valence-corrected chi connectivity index (χ1v) is 7.36. The van der Waals surface area contributed by atoms with E-state index in [0.717, 1.165) is 5.56 Å². The molecule has 6 heteroatoms. The summed E-state index contributed by atoms with van der Waals surface area (Å²) >= 11 is 0. The Morgan fingerprint density at radius 1 is 1.21 bits per heavy atom. The highest BCUT2D eigenvalue weighted by molar-refractivity contribution is 6.00. The quantitative estimate of drug-likeness (QED) is 0.655. The van der Waals surface area contributed by atoms with Gasteiger partial charge in [0.2, 0.25) is 0 Å². The third-order valence-electron chi connectivity index (χ3n) is 3.18. The fourth-order valence-corrected chi connectivity index (χ4v) is 1.93. The zero-order valence-electron chi connectivity index (χ0n) is 13.1. The fourth-order valence-electron chi connectivity index (χ4n) is 1.93. The summed E-state index contributed by atoms with van der Waals surface area (Å²) in [4.78, 5) is 11.8. The van der Waals surface area contributed by atoms with E-state index < -0.39 is 5.91 Å². The van der Waals surface area contributed by atoms with Crippen LogP contribution in [0.25, 0.3) is 0 Å². The number of carbonyl (C=O) groups is 1. The third kappa shape index (κ3) is 4.92. The molecule has 0 aliphatic rings. The van der Waals surface area contributed by atoms with Crippen molar-refractivity contribution in [2.24, 2.45) is 5.10 Å². The first-order valence-electron chi connectivity index (χ1n) is 7.36. The van der Waals surface area contributed by atoms with E-state index >= 15 is 0 Å². The molecule has 0 saturated heterocycles. The molecule has 1 N–H and O–H groups in total. The standard InChI is InChI=1S/C18H16FN3O2/c1-2-17(14-5-7-15(19)8-6-14)21-22-18(23)12-24-16-9-3-13(11-20)4-10-16/h3-10H,2,12H2,1H3,(H,22,23)/b21-17-. The molecule has 1 amide bonds. The summed E-state index contributed by atoms with van der Waals surface area (Å²) in [6.45, 7) is 1.69. The van der Waals surface area contributed by atoms with Crippen molar-refractivity contribution in [3.05, 3.63) is 65.5 Å². The Kier molecular flexibility index (Phi) is 6.03. The first-order chi connectivity index (χ1) is 11.6. The topological polar surface area (TPSA) is 74.5 Å². The summed E-state index contributed by atoms with van der Waals surface area (Å²) in [5, 5.41) is 12.8. The van der Waals surface area contributed by atoms with E-state index in [4.69, 9.17) is 10.00 Å². The molecule has 0 spiro atoms. The maximum atomic E-state index is 12.9. The predicted molar refractivity (Wildman–Crippen MR) is 88.0 cm³/mol. The molecule has 2 aromatic carbocycles. The van der Waals surface area contributed by atoms with Crippen molar-refractivity contribution in [3.63, 3.8) is 0 Å². The normalized spacial score (nSPS) is 10.8. The van der Waals surface area contributed by atoms with Crippen LogP contribution in [0.1, 0.15) is 24.5 Å². The minimum atomic E-state index is -0.410. The molecular formula is C18H16FN3O2. The molecule has 0 aliphatic heterocycles. The summed E-state index contributed by atoms with van der Waals surface area (Å²) in [5.74, 6) is -0.246. The molecule has 5 nitrogen and oxygen atoms in total. The minimum Gasteiger partial charge on any atom is -0.484 e. The summed E-state index contributed by atoms with van der Waals surface area (Å²) in [5.41, 5.74) is 4.32. The second-order valence-electron chi connectivity index (χ2n) is 4.88. The second kappa shape index (κ2) is 8.44. The van der Waals surface area contributed by atoms with Crippen molar-refractivity contribution >= 4 is 11.6 Å². The smallest absolute Gasteiger partial charge is 0.277 e. The lowest BCUT2D eigenvalue weighted by Gasteiger charge is -2.07. The Morgan fingerprint density at radius 3 is 2.46 bits per heavy atom. The Bertz CT molecular complexity index is 762. The van der Waals surface area contributed by atoms with Crippen molar-refractivity contribution in [2.45, 2.75) is 13.3 Å². The van der Waals surface area contributed by atoms with E-state index in [1.165, 1.54) is 12.1 Å². The number of amides is 1. The van der Waals surface area contributed by atoms with E-state index in [0.29, 0.717) is 23.4 Å². The van der Waals surface area contributed by atoms with E-state index in [-0.39, 0.29) is 12.4 Å². The maximum Gasteiger partial charge on any atom is 0.277 e. The van der Waals surface area contributed by atoms with Crippen molar-refractivity contribution in [1.29, 1.82) is 5.26 Å². The Morgan fingerprint density at radius 2 is 1.88 bits per heavy atom. The molecule has 0 aliphatic carbocycles. The molecule has 0 saturated carbocycles. The molecular weight excluding hydrogens is 309 g/mol. The summed E-state index contributed by atoms with van der Waals surface area (Å²) in [6, 6.07) is 14.3. The van der Waals surface area contributed by atoms with Gasteiger partial charge in [0, 0.05) is 0 Å². The molecule has 0 atom stereocenters. The fraction of sp³-hybridized carbons (Fsp3) is 0.167. The lowest BCUT2D eigenvalue weighted by Crippen LogP contribution is -2.26. The monoisotopic (exact) mass is 325 g/mol. The van der Waals surface area contributed by atoms with Gasteiger partial charge in [-0.25, -0.2) is 9.82 Å². The highest BCUT2D eigenvalue weighted by atomic mass is 19.1. The van der Waals surface area contributed by atoms with E-state index in [1.807, 2.05) is 13.0 Å². The second-order valence-corrected chi connectivity index (χ2v) is 4.88. The number of hydrogen-bond donors (Lipinski definition) is 1. The van der Waals surface area contributed by atoms with Gasteiger partial charge in [-0.2, -0.15) is 10.4 Å². The number of ether oxygens (including phenoxy) is 1. The number of nitrogens with zero attached hydrogens (tertiary/aromatic N) is 2. The number of hydrazone groups is 1. The van der Waals surface area contributed by atoms with Gasteiger partial charge in [0.25, 0.3) is 5.91 Å². The Balaban J connectivity index is 1.90. The highest BCUT2D eigenvalue weighted by Crippen LogP contribution is 2.11. The number of hydrogen-bond acceptors (Lipinski definition) is 4. The van der Waals surface area contributed by atoms with Crippen LogP contribution in [-0.4, -0.2) is 18.2 Å². The average Bonchev–Trinajstić information content (AvgIpc) is 2.62. The molecule has 0 bridgehead atoms. The maximum absolute atomic E-state index is 12.9. The summed E-state index contributed by atoms with van der Waals surface area (Å²) < 4.78 is 18.2. The molecule has 0 unspecified atom stereocenters. The Hall–Kier alpha value is -3.20. The van der Waals surface area contributed by atoms with Crippen LogP contribution in [0.3, 0.4) is 0 Å². The van der Waals surface area contributed by atoms with Crippen LogP contribution in [0, 0.1) is 17.1 Å². The van der Waals surface area contributed by atoms with Crippen LogP contribution in [0.4, 0.5) is 4.39 Å². The zero-order valence-corrected chi connectivity index (χ0v) is 13.1. The van der Waals surface area contributed by atoms with Gasteiger partial charge in [-0.05, 0) is 48.4 Å². The number of nitrogens with one attached hydrogen (secondary N) is 1. The van der Waals surface area contributed by atoms with Gasteiger partial charge >= 0.3 is 0 Å². The minimum absolute atomic E-state index is 0.199. The number of rotatable bonds is 6. The lowest BCUT2D eigenvalue weighted by molar-refractivity contribution is -0.123. The van der Waals surface area contributed by atoms with Gasteiger partial charge in [0.1, 0.15) is 11.6 Å². The molecule has 0 aromatic heterocycles. The van der Waals surface area contributed by atoms with Gasteiger partial charge in [0.15, 0.2) is 6.61 Å². The SMILES string of the molecule is CC/C(=N/NC(=O)COc1ccc(C#N)cc1)c1ccc(F)cc1. The van der Waals surface area contributed by atoms with E-state index in [1.54, 1.807) is 36.4 Å². The average molecular weight is 325 g/mol. The van der Waals surface area contributed by atoms with Crippen molar-refractivity contribution < 1.29 is 13.9 Å². The number of halogens is 1. The molecule has 2 aromatic rings. The van der Waals surface area contributed by atoms with Crippen LogP contribution >= 0.6 is 0 Å². The largest absolute Gasteiger partial charge is 0.484 e. The number of benzene rings is 2. The van der Waals surface area contributed by atoms with Crippen LogP contribution in [0.5, 0.6) is 5.75 Å².